The van der Waals surface area contributed by atoms with Gasteiger partial charge in [0.15, 0.2) is 0 Å². The van der Waals surface area contributed by atoms with Crippen LogP contribution in [0.1, 0.15) is 65.0 Å². The molecule has 1 aliphatic rings. The highest BCUT2D eigenvalue weighted by atomic mass is 15.1. The van der Waals surface area contributed by atoms with E-state index in [9.17, 15) is 0 Å². The topological polar surface area (TPSA) is 3.24 Å². The number of hydrogen-bond donors (Lipinski definition) is 0. The number of benzene rings is 1. The van der Waals surface area contributed by atoms with Crippen LogP contribution in [-0.2, 0) is 12.0 Å². The highest BCUT2D eigenvalue weighted by Crippen LogP contribution is 2.34. The Morgan fingerprint density at radius 2 is 1.60 bits per heavy atom. The van der Waals surface area contributed by atoms with Crippen LogP contribution in [0.5, 0.6) is 0 Å². The van der Waals surface area contributed by atoms with Crippen molar-refractivity contribution in [1.29, 1.82) is 0 Å². The average Bonchev–Trinajstić information content (AvgIpc) is 2.41. The minimum atomic E-state index is 0.257. The Labute approximate surface area is 125 Å². The molecule has 0 aliphatic carbocycles. The van der Waals surface area contributed by atoms with Crippen molar-refractivity contribution in [2.24, 2.45) is 5.41 Å². The first-order valence-electron chi connectivity index (χ1n) is 8.14. The zero-order chi connectivity index (χ0) is 14.8. The molecule has 2 rings (SSSR count). The Bertz CT molecular complexity index is 416. The van der Waals surface area contributed by atoms with Gasteiger partial charge in [0.1, 0.15) is 0 Å². The van der Waals surface area contributed by atoms with Crippen LogP contribution in [-0.4, -0.2) is 18.0 Å². The molecule has 0 atom stereocenters. The van der Waals surface area contributed by atoms with Crippen LogP contribution in [0.25, 0.3) is 0 Å². The van der Waals surface area contributed by atoms with E-state index in [1.54, 1.807) is 0 Å². The van der Waals surface area contributed by atoms with E-state index in [0.29, 0.717) is 5.41 Å². The summed E-state index contributed by atoms with van der Waals surface area (Å²) in [4.78, 5) is 2.61. The molecular weight excluding hydrogens is 242 g/mol. The number of rotatable bonds is 3. The molecule has 0 unspecified atom stereocenters. The summed E-state index contributed by atoms with van der Waals surface area (Å²) in [7, 11) is 0. The van der Waals surface area contributed by atoms with E-state index in [-0.39, 0.29) is 5.41 Å². The van der Waals surface area contributed by atoms with Crippen molar-refractivity contribution in [1.82, 2.24) is 4.90 Å². The number of nitrogens with zero attached hydrogens (tertiary/aromatic N) is 1. The van der Waals surface area contributed by atoms with Crippen molar-refractivity contribution in [3.8, 4) is 0 Å². The summed E-state index contributed by atoms with van der Waals surface area (Å²) in [6.45, 7) is 15.2. The third-order valence-electron chi connectivity index (χ3n) is 5.14. The van der Waals surface area contributed by atoms with Crippen LogP contribution < -0.4 is 0 Å². The highest BCUT2D eigenvalue weighted by molar-refractivity contribution is 5.27. The molecule has 0 bridgehead atoms. The molecule has 0 radical (unpaired) electrons. The van der Waals surface area contributed by atoms with Gasteiger partial charge in [0.2, 0.25) is 0 Å². The van der Waals surface area contributed by atoms with E-state index < -0.39 is 0 Å². The summed E-state index contributed by atoms with van der Waals surface area (Å²) in [5.74, 6) is 0. The molecule has 1 aliphatic heterocycles. The summed E-state index contributed by atoms with van der Waals surface area (Å²) >= 11 is 0. The smallest absolute Gasteiger partial charge is 0.0233 e. The molecule has 0 amide bonds. The maximum Gasteiger partial charge on any atom is 0.0233 e. The number of piperidine rings is 1. The van der Waals surface area contributed by atoms with Gasteiger partial charge in [-0.3, -0.25) is 4.90 Å². The summed E-state index contributed by atoms with van der Waals surface area (Å²) in [6.07, 6.45) is 4.02. The minimum absolute atomic E-state index is 0.257. The minimum Gasteiger partial charge on any atom is -0.299 e. The van der Waals surface area contributed by atoms with Crippen LogP contribution in [0.3, 0.4) is 0 Å². The number of hydrogen-bond acceptors (Lipinski definition) is 1. The second-order valence-electron chi connectivity index (χ2n) is 7.89. The van der Waals surface area contributed by atoms with Crippen LogP contribution in [0.2, 0.25) is 0 Å². The molecular formula is C19H31N. The molecule has 0 N–H and O–H groups in total. The van der Waals surface area contributed by atoms with Crippen molar-refractivity contribution in [2.75, 3.05) is 13.1 Å². The number of likely N-dealkylation sites (tertiary alicyclic amines) is 1. The third kappa shape index (κ3) is 3.85. The molecule has 1 heteroatoms. The Morgan fingerprint density at radius 3 is 2.05 bits per heavy atom. The lowest BCUT2D eigenvalue weighted by Crippen LogP contribution is -2.37. The molecule has 112 valence electrons. The van der Waals surface area contributed by atoms with Gasteiger partial charge in [-0.2, -0.15) is 0 Å². The second kappa shape index (κ2) is 5.89. The maximum absolute atomic E-state index is 2.61. The summed E-state index contributed by atoms with van der Waals surface area (Å²) < 4.78 is 0. The zero-order valence-electron chi connectivity index (χ0n) is 14.0. The van der Waals surface area contributed by atoms with Crippen LogP contribution >= 0.6 is 0 Å². The van der Waals surface area contributed by atoms with E-state index in [2.05, 4.69) is 63.8 Å². The van der Waals surface area contributed by atoms with Gasteiger partial charge in [-0.05, 0) is 47.9 Å². The molecule has 1 nitrogen and oxygen atoms in total. The first-order chi connectivity index (χ1) is 9.32. The Kier molecular flexibility index (Phi) is 4.59. The summed E-state index contributed by atoms with van der Waals surface area (Å²) in [5.41, 5.74) is 3.73. The summed E-state index contributed by atoms with van der Waals surface area (Å²) in [6, 6.07) is 9.23. The average molecular weight is 273 g/mol. The lowest BCUT2D eigenvalue weighted by atomic mass is 9.78. The quantitative estimate of drug-likeness (QED) is 0.749. The van der Waals surface area contributed by atoms with Crippen LogP contribution in [0.4, 0.5) is 0 Å². The first-order valence-corrected chi connectivity index (χ1v) is 8.14. The monoisotopic (exact) mass is 273 g/mol. The van der Waals surface area contributed by atoms with Crippen molar-refractivity contribution in [3.63, 3.8) is 0 Å². The van der Waals surface area contributed by atoms with Gasteiger partial charge in [-0.25, -0.2) is 0 Å². The second-order valence-corrected chi connectivity index (χ2v) is 7.89. The van der Waals surface area contributed by atoms with Crippen molar-refractivity contribution in [3.05, 3.63) is 35.4 Å². The van der Waals surface area contributed by atoms with Gasteiger partial charge in [0.05, 0.1) is 0 Å². The molecule has 1 aromatic rings. The van der Waals surface area contributed by atoms with Gasteiger partial charge in [0.25, 0.3) is 0 Å². The normalized spacial score (nSPS) is 20.1. The third-order valence-corrected chi connectivity index (χ3v) is 5.14. The van der Waals surface area contributed by atoms with Gasteiger partial charge < -0.3 is 0 Å². The van der Waals surface area contributed by atoms with Gasteiger partial charge >= 0.3 is 0 Å². The fourth-order valence-corrected chi connectivity index (χ4v) is 2.97. The van der Waals surface area contributed by atoms with Gasteiger partial charge in [-0.1, -0.05) is 65.3 Å². The van der Waals surface area contributed by atoms with E-state index in [4.69, 9.17) is 0 Å². The molecule has 20 heavy (non-hydrogen) atoms. The lowest BCUT2D eigenvalue weighted by molar-refractivity contribution is 0.109. The van der Waals surface area contributed by atoms with Crippen LogP contribution in [0, 0.1) is 5.41 Å². The zero-order valence-corrected chi connectivity index (χ0v) is 14.0. The Morgan fingerprint density at radius 1 is 1.05 bits per heavy atom. The lowest BCUT2D eigenvalue weighted by Gasteiger charge is -2.39. The standard InChI is InChI=1S/C19H31N/c1-6-19(5)11-13-20(14-12-19)15-16-7-9-17(10-8-16)18(2,3)4/h7-10H,6,11-15H2,1-5H3. The SMILES string of the molecule is CCC1(C)CCN(Cc2ccc(C(C)(C)C)cc2)CC1. The molecule has 0 aromatic heterocycles. The fourth-order valence-electron chi connectivity index (χ4n) is 2.97. The van der Waals surface area contributed by atoms with E-state index in [1.165, 1.54) is 43.5 Å². The fraction of sp³-hybridized carbons (Fsp3) is 0.684. The van der Waals surface area contributed by atoms with Crippen molar-refractivity contribution >= 4 is 0 Å². The highest BCUT2D eigenvalue weighted by Gasteiger charge is 2.28. The maximum atomic E-state index is 2.61. The Hall–Kier alpha value is -0.820. The predicted molar refractivity (Wildman–Crippen MR) is 88.1 cm³/mol. The molecule has 1 heterocycles. The van der Waals surface area contributed by atoms with E-state index in [0.717, 1.165) is 6.54 Å². The van der Waals surface area contributed by atoms with E-state index in [1.807, 2.05) is 0 Å². The van der Waals surface area contributed by atoms with Gasteiger partial charge in [-0.15, -0.1) is 0 Å². The summed E-state index contributed by atoms with van der Waals surface area (Å²) in [5, 5.41) is 0. The first kappa shape index (κ1) is 15.6. The van der Waals surface area contributed by atoms with Crippen molar-refractivity contribution in [2.45, 2.75) is 65.8 Å². The Balaban J connectivity index is 1.92. The predicted octanol–water partition coefficient (Wildman–Crippen LogP) is 5.00. The van der Waals surface area contributed by atoms with Gasteiger partial charge in [0, 0.05) is 6.54 Å². The molecule has 1 aromatic carbocycles. The molecule has 0 saturated carbocycles. The molecule has 0 spiro atoms. The van der Waals surface area contributed by atoms with Crippen molar-refractivity contribution < 1.29 is 0 Å². The van der Waals surface area contributed by atoms with E-state index >= 15 is 0 Å². The largest absolute Gasteiger partial charge is 0.299 e. The van der Waals surface area contributed by atoms with Crippen LogP contribution in [0.15, 0.2) is 24.3 Å². The molecule has 1 fully saturated rings. The molecule has 1 saturated heterocycles.